The van der Waals surface area contributed by atoms with Gasteiger partial charge in [0.2, 0.25) is 0 Å². The first-order chi connectivity index (χ1) is 9.77. The minimum Gasteiger partial charge on any atom is -0.444 e. The Morgan fingerprint density at radius 2 is 2.10 bits per heavy atom. The molecule has 0 aromatic carbocycles. The van der Waals surface area contributed by atoms with Crippen LogP contribution in [0.3, 0.4) is 0 Å². The molecule has 0 aromatic rings. The van der Waals surface area contributed by atoms with Crippen molar-refractivity contribution in [3.8, 4) is 0 Å². The van der Waals surface area contributed by atoms with E-state index in [1.807, 2.05) is 20.8 Å². The molecule has 21 heavy (non-hydrogen) atoms. The zero-order chi connectivity index (χ0) is 15.5. The van der Waals surface area contributed by atoms with Gasteiger partial charge in [0.05, 0.1) is 5.60 Å². The molecule has 1 amide bonds. The van der Waals surface area contributed by atoms with Gasteiger partial charge >= 0.3 is 6.09 Å². The van der Waals surface area contributed by atoms with Crippen LogP contribution in [0.1, 0.15) is 40.0 Å². The number of hydrogen-bond acceptors (Lipinski definition) is 5. The molecule has 2 rings (SSSR count). The van der Waals surface area contributed by atoms with E-state index in [1.54, 1.807) is 4.90 Å². The molecule has 2 aliphatic rings. The fourth-order valence-electron chi connectivity index (χ4n) is 2.81. The van der Waals surface area contributed by atoms with Gasteiger partial charge in [0, 0.05) is 32.2 Å². The van der Waals surface area contributed by atoms with E-state index in [9.17, 15) is 9.90 Å². The predicted octanol–water partition coefficient (Wildman–Crippen LogP) is 0.700. The first-order valence-electron chi connectivity index (χ1n) is 7.92. The van der Waals surface area contributed by atoms with Crippen molar-refractivity contribution >= 4 is 6.09 Å². The topological polar surface area (TPSA) is 73.8 Å². The third kappa shape index (κ3) is 5.13. The second-order valence-electron chi connectivity index (χ2n) is 7.27. The molecule has 2 heterocycles. The molecule has 6 heteroatoms. The lowest BCUT2D eigenvalue weighted by molar-refractivity contribution is 0.0178. The monoisotopic (exact) mass is 299 g/mol. The summed E-state index contributed by atoms with van der Waals surface area (Å²) in [6, 6.07) is 0.369. The standard InChI is InChI=1S/C15H29N3O3/c1-14(2,3)21-13(19)18-8-4-12(5-9-18)17-11-15(20)6-7-16-10-15/h12,16-17,20H,4-11H2,1-3H3. The fraction of sp³-hybridized carbons (Fsp3) is 0.933. The van der Waals surface area contributed by atoms with Crippen molar-refractivity contribution in [2.24, 2.45) is 0 Å². The number of likely N-dealkylation sites (tertiary alicyclic amines) is 1. The Bertz CT molecular complexity index is 354. The summed E-state index contributed by atoms with van der Waals surface area (Å²) in [5.74, 6) is 0. The number of nitrogens with one attached hydrogen (secondary N) is 2. The van der Waals surface area contributed by atoms with Crippen LogP contribution in [0, 0.1) is 0 Å². The number of aliphatic hydroxyl groups is 1. The largest absolute Gasteiger partial charge is 0.444 e. The Kier molecular flexibility index (Phi) is 5.11. The molecule has 0 aromatic heterocycles. The fourth-order valence-corrected chi connectivity index (χ4v) is 2.81. The van der Waals surface area contributed by atoms with Crippen LogP contribution in [0.5, 0.6) is 0 Å². The van der Waals surface area contributed by atoms with Gasteiger partial charge in [-0.15, -0.1) is 0 Å². The van der Waals surface area contributed by atoms with Crippen molar-refractivity contribution in [1.82, 2.24) is 15.5 Å². The quantitative estimate of drug-likeness (QED) is 0.715. The van der Waals surface area contributed by atoms with Crippen molar-refractivity contribution in [2.45, 2.75) is 57.3 Å². The molecule has 3 N–H and O–H groups in total. The van der Waals surface area contributed by atoms with Crippen LogP contribution in [-0.4, -0.2) is 66.1 Å². The van der Waals surface area contributed by atoms with Crippen molar-refractivity contribution in [3.05, 3.63) is 0 Å². The molecule has 6 nitrogen and oxygen atoms in total. The van der Waals surface area contributed by atoms with Gasteiger partial charge in [-0.05, 0) is 46.6 Å². The number of amides is 1. The minimum atomic E-state index is -0.609. The summed E-state index contributed by atoms with van der Waals surface area (Å²) in [5.41, 5.74) is -1.05. The van der Waals surface area contributed by atoms with Crippen LogP contribution in [-0.2, 0) is 4.74 Å². The second kappa shape index (κ2) is 6.50. The average Bonchev–Trinajstić information content (AvgIpc) is 2.82. The van der Waals surface area contributed by atoms with Gasteiger partial charge in [-0.2, -0.15) is 0 Å². The Labute approximate surface area is 127 Å². The van der Waals surface area contributed by atoms with Gasteiger partial charge in [-0.3, -0.25) is 0 Å². The highest BCUT2D eigenvalue weighted by Crippen LogP contribution is 2.17. The first kappa shape index (κ1) is 16.5. The molecule has 2 saturated heterocycles. The Morgan fingerprint density at radius 3 is 2.62 bits per heavy atom. The lowest BCUT2D eigenvalue weighted by atomic mass is 10.0. The zero-order valence-electron chi connectivity index (χ0n) is 13.4. The van der Waals surface area contributed by atoms with E-state index in [4.69, 9.17) is 4.74 Å². The highest BCUT2D eigenvalue weighted by Gasteiger charge is 2.32. The summed E-state index contributed by atoms with van der Waals surface area (Å²) in [7, 11) is 0. The Morgan fingerprint density at radius 1 is 1.43 bits per heavy atom. The SMILES string of the molecule is CC(C)(C)OC(=O)N1CCC(NCC2(O)CCNC2)CC1. The molecule has 2 aliphatic heterocycles. The van der Waals surface area contributed by atoms with Crippen molar-refractivity contribution in [1.29, 1.82) is 0 Å². The maximum Gasteiger partial charge on any atom is 0.410 e. The molecule has 0 radical (unpaired) electrons. The number of β-amino-alcohol motifs (C(OH)–C–C–N with tert-alkyl or cyclic N) is 1. The van der Waals surface area contributed by atoms with Crippen molar-refractivity contribution in [3.63, 3.8) is 0 Å². The first-order valence-corrected chi connectivity index (χ1v) is 7.92. The summed E-state index contributed by atoms with van der Waals surface area (Å²) in [6.45, 7) is 9.25. The number of ether oxygens (including phenoxy) is 1. The smallest absolute Gasteiger partial charge is 0.410 e. The van der Waals surface area contributed by atoms with Gasteiger partial charge in [0.1, 0.15) is 5.60 Å². The number of rotatable bonds is 3. The van der Waals surface area contributed by atoms with Crippen LogP contribution in [0.25, 0.3) is 0 Å². The number of carbonyl (C=O) groups excluding carboxylic acids is 1. The third-order valence-corrected chi connectivity index (χ3v) is 4.09. The number of carbonyl (C=O) groups is 1. The summed E-state index contributed by atoms with van der Waals surface area (Å²) >= 11 is 0. The summed E-state index contributed by atoms with van der Waals surface area (Å²) in [4.78, 5) is 13.7. The number of hydrogen-bond donors (Lipinski definition) is 3. The Hall–Kier alpha value is -0.850. The molecule has 0 saturated carbocycles. The summed E-state index contributed by atoms with van der Waals surface area (Å²) in [6.07, 6.45) is 2.39. The van der Waals surface area contributed by atoms with E-state index in [1.165, 1.54) is 0 Å². The number of nitrogens with zero attached hydrogens (tertiary/aromatic N) is 1. The van der Waals surface area contributed by atoms with E-state index in [0.717, 1.165) is 25.8 Å². The van der Waals surface area contributed by atoms with E-state index >= 15 is 0 Å². The van der Waals surface area contributed by atoms with Gasteiger partial charge < -0.3 is 25.4 Å². The van der Waals surface area contributed by atoms with E-state index in [0.29, 0.717) is 32.2 Å². The van der Waals surface area contributed by atoms with Gasteiger partial charge in [0.25, 0.3) is 0 Å². The summed E-state index contributed by atoms with van der Waals surface area (Å²) in [5, 5.41) is 16.9. The highest BCUT2D eigenvalue weighted by molar-refractivity contribution is 5.68. The van der Waals surface area contributed by atoms with Crippen LogP contribution < -0.4 is 10.6 Å². The molecule has 1 unspecified atom stereocenters. The van der Waals surface area contributed by atoms with E-state index < -0.39 is 11.2 Å². The van der Waals surface area contributed by atoms with Gasteiger partial charge in [-0.25, -0.2) is 4.79 Å². The van der Waals surface area contributed by atoms with Crippen molar-refractivity contribution in [2.75, 3.05) is 32.7 Å². The molecular formula is C15H29N3O3. The molecule has 0 bridgehead atoms. The summed E-state index contributed by atoms with van der Waals surface area (Å²) < 4.78 is 5.39. The molecule has 0 aliphatic carbocycles. The molecule has 122 valence electrons. The highest BCUT2D eigenvalue weighted by atomic mass is 16.6. The van der Waals surface area contributed by atoms with Gasteiger partial charge in [0.15, 0.2) is 0 Å². The second-order valence-corrected chi connectivity index (χ2v) is 7.27. The zero-order valence-corrected chi connectivity index (χ0v) is 13.4. The maximum absolute atomic E-state index is 12.0. The molecular weight excluding hydrogens is 270 g/mol. The van der Waals surface area contributed by atoms with Crippen LogP contribution >= 0.6 is 0 Å². The third-order valence-electron chi connectivity index (χ3n) is 4.09. The van der Waals surface area contributed by atoms with Crippen LogP contribution in [0.15, 0.2) is 0 Å². The van der Waals surface area contributed by atoms with E-state index in [-0.39, 0.29) is 6.09 Å². The maximum atomic E-state index is 12.0. The van der Waals surface area contributed by atoms with Crippen molar-refractivity contribution < 1.29 is 14.6 Å². The molecule has 1 atom stereocenters. The molecule has 2 fully saturated rings. The van der Waals surface area contributed by atoms with Crippen LogP contribution in [0.2, 0.25) is 0 Å². The lowest BCUT2D eigenvalue weighted by Gasteiger charge is -2.35. The number of piperidine rings is 1. The molecule has 0 spiro atoms. The average molecular weight is 299 g/mol. The van der Waals surface area contributed by atoms with E-state index in [2.05, 4.69) is 10.6 Å². The minimum absolute atomic E-state index is 0.223. The Balaban J connectivity index is 1.69. The van der Waals surface area contributed by atoms with Gasteiger partial charge in [-0.1, -0.05) is 0 Å². The lowest BCUT2D eigenvalue weighted by Crippen LogP contribution is -2.50. The predicted molar refractivity (Wildman–Crippen MR) is 81.3 cm³/mol. The normalized spacial score (nSPS) is 27.9. The van der Waals surface area contributed by atoms with Crippen LogP contribution in [0.4, 0.5) is 4.79 Å².